The Hall–Kier alpha value is -3.29. The molecule has 0 unspecified atom stereocenters. The molecular weight excluding hydrogens is 486 g/mol. The van der Waals surface area contributed by atoms with E-state index in [9.17, 15) is 9.59 Å². The highest BCUT2D eigenvalue weighted by Crippen LogP contribution is 2.29. The first-order chi connectivity index (χ1) is 17.8. The molecule has 8 heteroatoms. The van der Waals surface area contributed by atoms with E-state index in [0.29, 0.717) is 24.2 Å². The summed E-state index contributed by atoms with van der Waals surface area (Å²) in [4.78, 5) is 31.6. The zero-order valence-electron chi connectivity index (χ0n) is 21.7. The van der Waals surface area contributed by atoms with Gasteiger partial charge in [0.25, 0.3) is 11.5 Å². The van der Waals surface area contributed by atoms with Gasteiger partial charge in [0, 0.05) is 86.1 Å². The molecule has 1 N–H and O–H groups in total. The van der Waals surface area contributed by atoms with Crippen molar-refractivity contribution in [1.29, 1.82) is 0 Å². The maximum atomic E-state index is 13.5. The number of fused-ring (bicyclic) bond motifs is 3. The van der Waals surface area contributed by atoms with E-state index in [2.05, 4.69) is 35.0 Å². The lowest BCUT2D eigenvalue weighted by Gasteiger charge is -2.36. The maximum absolute atomic E-state index is 13.5. The second-order valence-electron chi connectivity index (χ2n) is 10.3. The van der Waals surface area contributed by atoms with E-state index in [0.717, 1.165) is 59.7 Å². The van der Waals surface area contributed by atoms with Crippen molar-refractivity contribution in [2.75, 3.05) is 44.2 Å². The van der Waals surface area contributed by atoms with Crippen molar-refractivity contribution < 1.29 is 4.79 Å². The summed E-state index contributed by atoms with van der Waals surface area (Å²) in [5, 5.41) is 5.54. The van der Waals surface area contributed by atoms with Crippen molar-refractivity contribution >= 4 is 45.0 Å². The fourth-order valence-corrected chi connectivity index (χ4v) is 5.54. The summed E-state index contributed by atoms with van der Waals surface area (Å²) in [6.07, 6.45) is 1.75. The number of hydrogen-bond acceptors (Lipinski definition) is 4. The minimum atomic E-state index is -0.142. The Morgan fingerprint density at radius 1 is 1.05 bits per heavy atom. The van der Waals surface area contributed by atoms with Crippen LogP contribution in [0.3, 0.4) is 0 Å². The van der Waals surface area contributed by atoms with Crippen molar-refractivity contribution in [2.24, 2.45) is 13.0 Å². The van der Waals surface area contributed by atoms with Gasteiger partial charge in [0.15, 0.2) is 0 Å². The molecular formula is C29H34ClN5O2. The molecule has 1 saturated heterocycles. The zero-order valence-corrected chi connectivity index (χ0v) is 22.5. The first-order valence-electron chi connectivity index (χ1n) is 12.9. The number of amides is 1. The average molecular weight is 520 g/mol. The Morgan fingerprint density at radius 2 is 1.81 bits per heavy atom. The third kappa shape index (κ3) is 5.11. The van der Waals surface area contributed by atoms with Gasteiger partial charge in [-0.2, -0.15) is 0 Å². The second-order valence-corrected chi connectivity index (χ2v) is 10.7. The van der Waals surface area contributed by atoms with E-state index in [1.54, 1.807) is 10.8 Å². The summed E-state index contributed by atoms with van der Waals surface area (Å²) in [7, 11) is 1.90. The smallest absolute Gasteiger partial charge is 0.275 e. The number of piperazine rings is 1. The maximum Gasteiger partial charge on any atom is 0.275 e. The van der Waals surface area contributed by atoms with Crippen molar-refractivity contribution in [1.82, 2.24) is 19.4 Å². The molecule has 0 bridgehead atoms. The number of rotatable bonds is 7. The normalized spacial score (nSPS) is 14.7. The Balaban J connectivity index is 1.31. The van der Waals surface area contributed by atoms with E-state index in [1.165, 1.54) is 0 Å². The number of aryl methyl sites for hydroxylation is 1. The van der Waals surface area contributed by atoms with Gasteiger partial charge in [-0.3, -0.25) is 14.5 Å². The first-order valence-corrected chi connectivity index (χ1v) is 13.3. The number of halogens is 1. The minimum Gasteiger partial charge on any atom is -0.369 e. The van der Waals surface area contributed by atoms with Gasteiger partial charge in [-0.15, -0.1) is 0 Å². The number of aromatic nitrogens is 2. The number of nitrogens with zero attached hydrogens (tertiary/aromatic N) is 4. The second kappa shape index (κ2) is 10.6. The topological polar surface area (TPSA) is 62.5 Å². The number of anilines is 1. The summed E-state index contributed by atoms with van der Waals surface area (Å²) < 4.78 is 3.61. The number of para-hydroxylation sites is 1. The van der Waals surface area contributed by atoms with Crippen LogP contribution in [0.1, 0.15) is 24.2 Å². The Kier molecular flexibility index (Phi) is 7.26. The summed E-state index contributed by atoms with van der Waals surface area (Å²) >= 11 is 6.16. The number of carbonyl (C=O) groups excluding carboxylic acids is 1. The van der Waals surface area contributed by atoms with Gasteiger partial charge >= 0.3 is 0 Å². The standard InChI is InChI=1S/C29H34ClN5O2/c1-20(2)18-35-19-24(26-23-9-4-5-10-25(23)32(3)27(26)29(35)37)28(36)31-11-12-33-13-15-34(16-14-33)22-8-6-7-21(30)17-22/h4-10,17,19-20H,11-16,18H2,1-3H3,(H,31,36). The van der Waals surface area contributed by atoms with E-state index < -0.39 is 0 Å². The van der Waals surface area contributed by atoms with Crippen LogP contribution in [0.2, 0.25) is 5.02 Å². The van der Waals surface area contributed by atoms with Gasteiger partial charge in [-0.05, 0) is 30.2 Å². The Bertz CT molecular complexity index is 1500. The predicted octanol–water partition coefficient (Wildman–Crippen LogP) is 4.35. The molecule has 3 heterocycles. The molecule has 2 aromatic heterocycles. The van der Waals surface area contributed by atoms with Crippen LogP contribution in [0, 0.1) is 5.92 Å². The van der Waals surface area contributed by atoms with Crippen LogP contribution < -0.4 is 15.8 Å². The quantitative estimate of drug-likeness (QED) is 0.394. The SMILES string of the molecule is CC(C)Cn1cc(C(=O)NCCN2CCN(c3cccc(Cl)c3)CC2)c2c3ccccc3n(C)c2c1=O. The van der Waals surface area contributed by atoms with E-state index in [4.69, 9.17) is 11.6 Å². The van der Waals surface area contributed by atoms with E-state index in [-0.39, 0.29) is 17.4 Å². The monoisotopic (exact) mass is 519 g/mol. The number of benzene rings is 2. The summed E-state index contributed by atoms with van der Waals surface area (Å²) in [5.74, 6) is 0.141. The molecule has 1 aliphatic heterocycles. The van der Waals surface area contributed by atoms with Crippen LogP contribution in [0.5, 0.6) is 0 Å². The molecule has 0 radical (unpaired) electrons. The lowest BCUT2D eigenvalue weighted by Crippen LogP contribution is -2.48. The fourth-order valence-electron chi connectivity index (χ4n) is 5.36. The molecule has 5 rings (SSSR count). The lowest BCUT2D eigenvalue weighted by molar-refractivity contribution is 0.0948. The number of carbonyl (C=O) groups is 1. The van der Waals surface area contributed by atoms with Gasteiger partial charge < -0.3 is 19.4 Å². The largest absolute Gasteiger partial charge is 0.369 e. The number of nitrogens with one attached hydrogen (secondary N) is 1. The molecule has 1 amide bonds. The zero-order chi connectivity index (χ0) is 26.1. The molecule has 0 aliphatic carbocycles. The molecule has 2 aromatic carbocycles. The molecule has 7 nitrogen and oxygen atoms in total. The van der Waals surface area contributed by atoms with Gasteiger partial charge in [-0.25, -0.2) is 0 Å². The first kappa shape index (κ1) is 25.4. The highest BCUT2D eigenvalue weighted by atomic mass is 35.5. The van der Waals surface area contributed by atoms with Crippen molar-refractivity contribution in [3.63, 3.8) is 0 Å². The molecule has 1 aliphatic rings. The van der Waals surface area contributed by atoms with Crippen LogP contribution in [-0.4, -0.2) is 59.2 Å². The van der Waals surface area contributed by atoms with Gasteiger partial charge in [0.1, 0.15) is 5.52 Å². The van der Waals surface area contributed by atoms with Crippen molar-refractivity contribution in [2.45, 2.75) is 20.4 Å². The van der Waals surface area contributed by atoms with Gasteiger partial charge in [-0.1, -0.05) is 49.7 Å². The van der Waals surface area contributed by atoms with Gasteiger partial charge in [0.2, 0.25) is 0 Å². The summed E-state index contributed by atoms with van der Waals surface area (Å²) in [6, 6.07) is 15.9. The molecule has 1 fully saturated rings. The van der Waals surface area contributed by atoms with Crippen LogP contribution in [-0.2, 0) is 13.6 Å². The van der Waals surface area contributed by atoms with Crippen LogP contribution in [0.15, 0.2) is 59.5 Å². The third-order valence-corrected chi connectivity index (χ3v) is 7.43. The molecule has 37 heavy (non-hydrogen) atoms. The highest BCUT2D eigenvalue weighted by Gasteiger charge is 2.22. The highest BCUT2D eigenvalue weighted by molar-refractivity contribution is 6.30. The van der Waals surface area contributed by atoms with E-state index in [1.807, 2.05) is 54.1 Å². The molecule has 194 valence electrons. The number of hydrogen-bond donors (Lipinski definition) is 1. The van der Waals surface area contributed by atoms with Gasteiger partial charge in [0.05, 0.1) is 5.56 Å². The van der Waals surface area contributed by atoms with Crippen LogP contribution in [0.4, 0.5) is 5.69 Å². The number of pyridine rings is 1. The third-order valence-electron chi connectivity index (χ3n) is 7.19. The predicted molar refractivity (Wildman–Crippen MR) is 152 cm³/mol. The summed E-state index contributed by atoms with van der Waals surface area (Å²) in [5.41, 5.74) is 3.17. The van der Waals surface area contributed by atoms with Crippen LogP contribution >= 0.6 is 11.6 Å². The molecule has 0 spiro atoms. The minimum absolute atomic E-state index is 0.0588. The lowest BCUT2D eigenvalue weighted by atomic mass is 10.1. The summed E-state index contributed by atoms with van der Waals surface area (Å²) in [6.45, 7) is 9.73. The van der Waals surface area contributed by atoms with Crippen molar-refractivity contribution in [3.05, 3.63) is 75.7 Å². The molecule has 0 saturated carbocycles. The van der Waals surface area contributed by atoms with Crippen LogP contribution in [0.25, 0.3) is 21.8 Å². The average Bonchev–Trinajstić information content (AvgIpc) is 3.18. The fraction of sp³-hybridized carbons (Fsp3) is 0.379. The molecule has 4 aromatic rings. The Morgan fingerprint density at radius 3 is 2.54 bits per heavy atom. The van der Waals surface area contributed by atoms with Crippen molar-refractivity contribution in [3.8, 4) is 0 Å². The Labute approximate surface area is 222 Å². The van der Waals surface area contributed by atoms with E-state index >= 15 is 0 Å². The molecule has 0 atom stereocenters.